The van der Waals surface area contributed by atoms with Gasteiger partial charge in [0.1, 0.15) is 0 Å². The first kappa shape index (κ1) is 7.56. The predicted molar refractivity (Wildman–Crippen MR) is 44.3 cm³/mol. The molecule has 11 heavy (non-hydrogen) atoms. The molecule has 2 fully saturated rings. The van der Waals surface area contributed by atoms with E-state index in [1.807, 2.05) is 6.92 Å². The number of rotatable bonds is 2. The van der Waals surface area contributed by atoms with Crippen molar-refractivity contribution in [3.63, 3.8) is 0 Å². The normalized spacial score (nSPS) is 32.2. The van der Waals surface area contributed by atoms with Gasteiger partial charge < -0.3 is 10.4 Å². The fourth-order valence-electron chi connectivity index (χ4n) is 2.03. The summed E-state index contributed by atoms with van der Waals surface area (Å²) in [5.74, 6) is 1.11. The zero-order valence-electron chi connectivity index (χ0n) is 7.14. The van der Waals surface area contributed by atoms with E-state index >= 15 is 0 Å². The molecule has 1 saturated heterocycles. The van der Waals surface area contributed by atoms with Crippen LogP contribution in [0.5, 0.6) is 0 Å². The third-order valence-corrected chi connectivity index (χ3v) is 3.54. The van der Waals surface area contributed by atoms with Crippen molar-refractivity contribution in [2.24, 2.45) is 11.8 Å². The van der Waals surface area contributed by atoms with Gasteiger partial charge in [0.15, 0.2) is 0 Å². The van der Waals surface area contributed by atoms with Gasteiger partial charge in [-0.2, -0.15) is 0 Å². The Labute approximate surface area is 68.0 Å². The fourth-order valence-corrected chi connectivity index (χ4v) is 2.03. The van der Waals surface area contributed by atoms with E-state index in [0.29, 0.717) is 11.8 Å². The Hall–Kier alpha value is -0.0800. The summed E-state index contributed by atoms with van der Waals surface area (Å²) in [6.07, 6.45) is 3.80. The molecule has 0 radical (unpaired) electrons. The lowest BCUT2D eigenvalue weighted by Crippen LogP contribution is -2.58. The quantitative estimate of drug-likeness (QED) is 0.617. The summed E-state index contributed by atoms with van der Waals surface area (Å²) in [4.78, 5) is 0. The highest BCUT2D eigenvalue weighted by molar-refractivity contribution is 4.97. The molecule has 0 aromatic heterocycles. The Morgan fingerprint density at radius 1 is 1.27 bits per heavy atom. The third-order valence-electron chi connectivity index (χ3n) is 3.54. The molecule has 0 spiro atoms. The molecule has 1 aliphatic carbocycles. The van der Waals surface area contributed by atoms with Crippen molar-refractivity contribution >= 4 is 0 Å². The highest BCUT2D eigenvalue weighted by Gasteiger charge is 2.44. The van der Waals surface area contributed by atoms with Gasteiger partial charge in [0, 0.05) is 19.0 Å². The molecule has 0 bridgehead atoms. The standard InChI is InChI=1S/C9H17NO/c1-9(11,7-3-2-4-7)8-5-10-6-8/h7-8,10-11H,2-6H2,1H3. The van der Waals surface area contributed by atoms with Crippen LogP contribution < -0.4 is 5.32 Å². The molecule has 2 N–H and O–H groups in total. The zero-order chi connectivity index (χ0) is 7.90. The van der Waals surface area contributed by atoms with Crippen LogP contribution in [0.25, 0.3) is 0 Å². The van der Waals surface area contributed by atoms with Gasteiger partial charge in [-0.05, 0) is 25.7 Å². The maximum absolute atomic E-state index is 10.1. The lowest BCUT2D eigenvalue weighted by Gasteiger charge is -2.47. The summed E-state index contributed by atoms with van der Waals surface area (Å²) in [5.41, 5.74) is -0.372. The molecular formula is C9H17NO. The molecule has 2 aliphatic rings. The second-order valence-corrected chi connectivity index (χ2v) is 4.21. The first-order valence-electron chi connectivity index (χ1n) is 4.64. The van der Waals surface area contributed by atoms with Crippen molar-refractivity contribution in [1.82, 2.24) is 5.32 Å². The van der Waals surface area contributed by atoms with Crippen LogP contribution >= 0.6 is 0 Å². The molecule has 2 rings (SSSR count). The smallest absolute Gasteiger partial charge is 0.0700 e. The van der Waals surface area contributed by atoms with Crippen LogP contribution in [0.1, 0.15) is 26.2 Å². The van der Waals surface area contributed by atoms with Crippen LogP contribution in [0.2, 0.25) is 0 Å². The van der Waals surface area contributed by atoms with Gasteiger partial charge in [0.25, 0.3) is 0 Å². The third kappa shape index (κ3) is 1.09. The van der Waals surface area contributed by atoms with Crippen LogP contribution in [0.3, 0.4) is 0 Å². The van der Waals surface area contributed by atoms with Crippen molar-refractivity contribution in [2.75, 3.05) is 13.1 Å². The molecule has 1 unspecified atom stereocenters. The van der Waals surface area contributed by atoms with E-state index < -0.39 is 0 Å². The number of hydrogen-bond acceptors (Lipinski definition) is 2. The minimum absolute atomic E-state index is 0.372. The topological polar surface area (TPSA) is 32.3 Å². The van der Waals surface area contributed by atoms with E-state index in [9.17, 15) is 5.11 Å². The Morgan fingerprint density at radius 2 is 1.91 bits per heavy atom. The van der Waals surface area contributed by atoms with E-state index in [1.165, 1.54) is 19.3 Å². The summed E-state index contributed by atoms with van der Waals surface area (Å²) in [6, 6.07) is 0. The highest BCUT2D eigenvalue weighted by atomic mass is 16.3. The largest absolute Gasteiger partial charge is 0.390 e. The minimum Gasteiger partial charge on any atom is -0.390 e. The predicted octanol–water partition coefficient (Wildman–Crippen LogP) is 0.757. The lowest BCUT2D eigenvalue weighted by atomic mass is 9.66. The van der Waals surface area contributed by atoms with E-state index in [2.05, 4.69) is 5.32 Å². The van der Waals surface area contributed by atoms with Crippen LogP contribution in [-0.2, 0) is 0 Å². The summed E-state index contributed by atoms with van der Waals surface area (Å²) in [5, 5.41) is 13.3. The summed E-state index contributed by atoms with van der Waals surface area (Å²) in [7, 11) is 0. The van der Waals surface area contributed by atoms with Crippen LogP contribution in [0.15, 0.2) is 0 Å². The monoisotopic (exact) mass is 155 g/mol. The molecule has 2 heteroatoms. The molecule has 2 nitrogen and oxygen atoms in total. The maximum atomic E-state index is 10.1. The SMILES string of the molecule is CC(O)(C1CCC1)C1CNC1. The van der Waals surface area contributed by atoms with Gasteiger partial charge in [0.2, 0.25) is 0 Å². The second-order valence-electron chi connectivity index (χ2n) is 4.21. The van der Waals surface area contributed by atoms with E-state index in [-0.39, 0.29) is 5.60 Å². The summed E-state index contributed by atoms with van der Waals surface area (Å²) >= 11 is 0. The van der Waals surface area contributed by atoms with Crippen molar-refractivity contribution in [2.45, 2.75) is 31.8 Å². The van der Waals surface area contributed by atoms with E-state index in [4.69, 9.17) is 0 Å². The Bertz CT molecular complexity index is 132. The zero-order valence-corrected chi connectivity index (χ0v) is 7.14. The summed E-state index contributed by atoms with van der Waals surface area (Å²) in [6.45, 7) is 4.05. The van der Waals surface area contributed by atoms with Crippen molar-refractivity contribution in [3.05, 3.63) is 0 Å². The number of nitrogens with one attached hydrogen (secondary N) is 1. The first-order valence-corrected chi connectivity index (χ1v) is 4.64. The Kier molecular flexibility index (Phi) is 1.69. The van der Waals surface area contributed by atoms with Crippen molar-refractivity contribution < 1.29 is 5.11 Å². The summed E-state index contributed by atoms with van der Waals surface area (Å²) < 4.78 is 0. The first-order chi connectivity index (χ1) is 5.21. The molecular weight excluding hydrogens is 138 g/mol. The molecule has 0 amide bonds. The molecule has 1 heterocycles. The molecule has 0 aromatic carbocycles. The minimum atomic E-state index is -0.372. The molecule has 0 aromatic rings. The van der Waals surface area contributed by atoms with Crippen LogP contribution in [0.4, 0.5) is 0 Å². The van der Waals surface area contributed by atoms with E-state index in [0.717, 1.165) is 13.1 Å². The fraction of sp³-hybridized carbons (Fsp3) is 1.00. The van der Waals surface area contributed by atoms with E-state index in [1.54, 1.807) is 0 Å². The lowest BCUT2D eigenvalue weighted by molar-refractivity contribution is -0.0953. The van der Waals surface area contributed by atoms with Gasteiger partial charge in [-0.3, -0.25) is 0 Å². The van der Waals surface area contributed by atoms with Gasteiger partial charge in [-0.25, -0.2) is 0 Å². The number of aliphatic hydroxyl groups is 1. The van der Waals surface area contributed by atoms with Crippen LogP contribution in [0, 0.1) is 11.8 Å². The maximum Gasteiger partial charge on any atom is 0.0700 e. The number of hydrogen-bond donors (Lipinski definition) is 2. The van der Waals surface area contributed by atoms with Gasteiger partial charge in [0.05, 0.1) is 5.60 Å². The molecule has 1 atom stereocenters. The average Bonchev–Trinajstić information content (AvgIpc) is 1.46. The molecule has 1 aliphatic heterocycles. The van der Waals surface area contributed by atoms with Crippen molar-refractivity contribution in [1.29, 1.82) is 0 Å². The van der Waals surface area contributed by atoms with Crippen LogP contribution in [-0.4, -0.2) is 23.8 Å². The average molecular weight is 155 g/mol. The molecule has 1 saturated carbocycles. The van der Waals surface area contributed by atoms with Crippen molar-refractivity contribution in [3.8, 4) is 0 Å². The Balaban J connectivity index is 1.95. The Morgan fingerprint density at radius 3 is 2.18 bits per heavy atom. The second kappa shape index (κ2) is 2.46. The van der Waals surface area contributed by atoms with Gasteiger partial charge in [-0.15, -0.1) is 0 Å². The highest BCUT2D eigenvalue weighted by Crippen LogP contribution is 2.41. The van der Waals surface area contributed by atoms with Gasteiger partial charge in [-0.1, -0.05) is 6.42 Å². The molecule has 64 valence electrons. The van der Waals surface area contributed by atoms with Gasteiger partial charge >= 0.3 is 0 Å².